The van der Waals surface area contributed by atoms with E-state index in [2.05, 4.69) is 13.8 Å². The zero-order valence-corrected chi connectivity index (χ0v) is 19.0. The maximum Gasteiger partial charge on any atom is 0.479 e. The van der Waals surface area contributed by atoms with E-state index in [9.17, 15) is 0 Å². The first-order chi connectivity index (χ1) is 10.1. The summed E-state index contributed by atoms with van der Waals surface area (Å²) in [6, 6.07) is 0. The van der Waals surface area contributed by atoms with Crippen LogP contribution in [0.3, 0.4) is 0 Å². The summed E-state index contributed by atoms with van der Waals surface area (Å²) in [5, 5.41) is 0. The molecule has 6 nitrogen and oxygen atoms in total. The molecule has 1 heterocycles. The molecule has 0 spiro atoms. The topological polar surface area (TPSA) is 55.4 Å². The number of hydrogen-bond donors (Lipinski definition) is 0. The molecule has 0 bridgehead atoms. The predicted molar refractivity (Wildman–Crippen MR) is 92.5 cm³/mol. The second kappa shape index (κ2) is 8.64. The Balaban J connectivity index is 2.81. The Kier molecular flexibility index (Phi) is 8.12. The van der Waals surface area contributed by atoms with Gasteiger partial charge in [0.15, 0.2) is 0 Å². The Morgan fingerprint density at radius 1 is 0.773 bits per heavy atom. The van der Waals surface area contributed by atoms with Crippen LogP contribution in [0.25, 0.3) is 0 Å². The molecular weight excluding hydrogens is 352 g/mol. The Bertz CT molecular complexity index is 304. The van der Waals surface area contributed by atoms with Crippen molar-refractivity contribution in [1.82, 2.24) is 0 Å². The van der Waals surface area contributed by atoms with Crippen LogP contribution in [0, 0.1) is 0 Å². The maximum atomic E-state index is 6.11. The fourth-order valence-corrected chi connectivity index (χ4v) is 15.2. The molecule has 1 saturated heterocycles. The lowest BCUT2D eigenvalue weighted by Gasteiger charge is -2.40. The van der Waals surface area contributed by atoms with Gasteiger partial charge >= 0.3 is 36.2 Å². The first-order valence-corrected chi connectivity index (χ1v) is 16.0. The lowest BCUT2D eigenvalue weighted by Crippen LogP contribution is -2.61. The van der Waals surface area contributed by atoms with Gasteiger partial charge in [0.05, 0.1) is 0 Å². The van der Waals surface area contributed by atoms with Crippen molar-refractivity contribution < 1.29 is 25.3 Å². The lowest BCUT2D eigenvalue weighted by molar-refractivity contribution is 0.0674. The smallest absolute Gasteiger partial charge is 0.393 e. The van der Waals surface area contributed by atoms with Crippen LogP contribution in [-0.2, 0) is 25.3 Å². The highest BCUT2D eigenvalue weighted by Gasteiger charge is 2.50. The zero-order valence-electron chi connectivity index (χ0n) is 15.0. The van der Waals surface area contributed by atoms with Gasteiger partial charge in [-0.2, -0.15) is 0 Å². The third kappa shape index (κ3) is 6.63. The van der Waals surface area contributed by atoms with Crippen molar-refractivity contribution in [3.8, 4) is 0 Å². The van der Waals surface area contributed by atoms with Crippen molar-refractivity contribution in [3.05, 3.63) is 0 Å². The molecular formula is C12H30O6Si4. The molecule has 130 valence electrons. The Morgan fingerprint density at radius 2 is 1.05 bits per heavy atom. The van der Waals surface area contributed by atoms with Gasteiger partial charge in [0.25, 0.3) is 0 Å². The third-order valence-corrected chi connectivity index (χ3v) is 15.5. The van der Waals surface area contributed by atoms with Gasteiger partial charge in [0, 0.05) is 25.3 Å². The molecule has 2 radical (unpaired) electrons. The lowest BCUT2D eigenvalue weighted by atomic mass is 10.3. The molecule has 1 aliphatic rings. The SMILES string of the molecule is CCC(C)O[Si]1(C)O[Si](C)O[Si](C)(OC(C)CC)O[Si](C)O1. The summed E-state index contributed by atoms with van der Waals surface area (Å²) in [5.41, 5.74) is 0. The average molecular weight is 383 g/mol. The second-order valence-electron chi connectivity index (χ2n) is 5.79. The van der Waals surface area contributed by atoms with Crippen LogP contribution >= 0.6 is 0 Å². The van der Waals surface area contributed by atoms with Crippen molar-refractivity contribution >= 4 is 36.2 Å². The second-order valence-corrected chi connectivity index (χ2v) is 14.9. The maximum absolute atomic E-state index is 6.11. The molecule has 10 heteroatoms. The minimum atomic E-state index is -2.73. The molecule has 22 heavy (non-hydrogen) atoms. The Hall–Kier alpha value is 0.628. The molecule has 0 aromatic carbocycles. The summed E-state index contributed by atoms with van der Waals surface area (Å²) >= 11 is 0. The van der Waals surface area contributed by atoms with E-state index in [-0.39, 0.29) is 12.2 Å². The van der Waals surface area contributed by atoms with Crippen LogP contribution in [-0.4, -0.2) is 48.4 Å². The molecule has 2 unspecified atom stereocenters. The minimum Gasteiger partial charge on any atom is -0.393 e. The van der Waals surface area contributed by atoms with E-state index in [1.54, 1.807) is 0 Å². The minimum absolute atomic E-state index is 0.0979. The standard InChI is InChI=1S/C12H30O6Si4/c1-9-11(3)13-21(7)15-19(5)17-22(8,14-12(4)10-2)18-20(6)16-21/h11-12H,9-10H2,1-8H3. The van der Waals surface area contributed by atoms with Crippen LogP contribution in [0.15, 0.2) is 0 Å². The van der Waals surface area contributed by atoms with E-state index < -0.39 is 36.2 Å². The van der Waals surface area contributed by atoms with Crippen LogP contribution < -0.4 is 0 Å². The molecule has 0 amide bonds. The van der Waals surface area contributed by atoms with Gasteiger partial charge in [0.2, 0.25) is 0 Å². The fourth-order valence-electron chi connectivity index (χ4n) is 2.12. The highest BCUT2D eigenvalue weighted by atomic mass is 28.5. The molecule has 0 aromatic heterocycles. The predicted octanol–water partition coefficient (Wildman–Crippen LogP) is 3.07. The van der Waals surface area contributed by atoms with E-state index >= 15 is 0 Å². The summed E-state index contributed by atoms with van der Waals surface area (Å²) in [6.45, 7) is 16.0. The number of rotatable bonds is 6. The van der Waals surface area contributed by atoms with Crippen molar-refractivity contribution in [2.45, 2.75) is 78.9 Å². The van der Waals surface area contributed by atoms with Crippen LogP contribution in [0.5, 0.6) is 0 Å². The van der Waals surface area contributed by atoms with Gasteiger partial charge in [-0.1, -0.05) is 13.8 Å². The fraction of sp³-hybridized carbons (Fsp3) is 1.00. The number of hydrogen-bond acceptors (Lipinski definition) is 6. The summed E-state index contributed by atoms with van der Waals surface area (Å²) in [5.74, 6) is 0. The van der Waals surface area contributed by atoms with Gasteiger partial charge in [-0.25, -0.2) is 0 Å². The highest BCUT2D eigenvalue weighted by molar-refractivity contribution is 6.81. The zero-order chi connectivity index (χ0) is 17.0. The summed E-state index contributed by atoms with van der Waals surface area (Å²) < 4.78 is 36.5. The van der Waals surface area contributed by atoms with Crippen molar-refractivity contribution in [1.29, 1.82) is 0 Å². The Morgan fingerprint density at radius 3 is 1.27 bits per heavy atom. The molecule has 0 N–H and O–H groups in total. The van der Waals surface area contributed by atoms with E-state index in [0.29, 0.717) is 0 Å². The van der Waals surface area contributed by atoms with Crippen LogP contribution in [0.2, 0.25) is 26.2 Å². The average Bonchev–Trinajstić information content (AvgIpc) is 2.34. The van der Waals surface area contributed by atoms with Crippen LogP contribution in [0.4, 0.5) is 0 Å². The molecule has 1 rings (SSSR count). The van der Waals surface area contributed by atoms with E-state index in [1.807, 2.05) is 40.0 Å². The molecule has 1 fully saturated rings. The third-order valence-electron chi connectivity index (χ3n) is 3.30. The largest absolute Gasteiger partial charge is 0.479 e. The summed E-state index contributed by atoms with van der Waals surface area (Å²) in [6.07, 6.45) is 2.03. The van der Waals surface area contributed by atoms with Crippen molar-refractivity contribution in [3.63, 3.8) is 0 Å². The highest BCUT2D eigenvalue weighted by Crippen LogP contribution is 2.25. The molecule has 2 atom stereocenters. The van der Waals surface area contributed by atoms with E-state index in [1.165, 1.54) is 0 Å². The Labute approximate surface area is 140 Å². The summed E-state index contributed by atoms with van der Waals surface area (Å²) in [7, 11) is -8.57. The van der Waals surface area contributed by atoms with Gasteiger partial charge in [0.1, 0.15) is 0 Å². The van der Waals surface area contributed by atoms with Gasteiger partial charge in [-0.05, 0) is 39.8 Å². The normalized spacial score (nSPS) is 34.9. The first-order valence-electron chi connectivity index (χ1n) is 7.90. The van der Waals surface area contributed by atoms with Crippen molar-refractivity contribution in [2.24, 2.45) is 0 Å². The summed E-state index contributed by atoms with van der Waals surface area (Å²) in [4.78, 5) is 0. The molecule has 0 aliphatic carbocycles. The molecule has 0 aromatic rings. The monoisotopic (exact) mass is 382 g/mol. The molecule has 1 aliphatic heterocycles. The first kappa shape index (κ1) is 20.7. The van der Waals surface area contributed by atoms with Gasteiger partial charge < -0.3 is 25.3 Å². The quantitative estimate of drug-likeness (QED) is 0.658. The van der Waals surface area contributed by atoms with Gasteiger partial charge in [-0.3, -0.25) is 0 Å². The van der Waals surface area contributed by atoms with Gasteiger partial charge in [-0.15, -0.1) is 0 Å². The van der Waals surface area contributed by atoms with E-state index in [0.717, 1.165) is 12.8 Å². The van der Waals surface area contributed by atoms with Crippen LogP contribution in [0.1, 0.15) is 40.5 Å². The van der Waals surface area contributed by atoms with E-state index in [4.69, 9.17) is 25.3 Å². The van der Waals surface area contributed by atoms with Crippen molar-refractivity contribution in [2.75, 3.05) is 0 Å². The molecule has 0 saturated carbocycles.